The van der Waals surface area contributed by atoms with Crippen LogP contribution in [0.1, 0.15) is 28.3 Å². The summed E-state index contributed by atoms with van der Waals surface area (Å²) in [6.45, 7) is 0.320. The lowest BCUT2D eigenvalue weighted by molar-refractivity contribution is -0.116. The number of benzene rings is 2. The van der Waals surface area contributed by atoms with Gasteiger partial charge >= 0.3 is 0 Å². The number of hydrogen-bond acceptors (Lipinski definition) is 6. The fourth-order valence-corrected chi connectivity index (χ4v) is 4.48. The Balaban J connectivity index is 1.65. The van der Waals surface area contributed by atoms with E-state index in [0.717, 1.165) is 21.1 Å². The van der Waals surface area contributed by atoms with Gasteiger partial charge in [-0.15, -0.1) is 0 Å². The molecule has 0 spiro atoms. The summed E-state index contributed by atoms with van der Waals surface area (Å²) in [5.41, 5.74) is 1.87. The summed E-state index contributed by atoms with van der Waals surface area (Å²) < 4.78 is 11.5. The molecule has 0 saturated heterocycles. The molecule has 2 heterocycles. The average Bonchev–Trinajstić information content (AvgIpc) is 3.15. The molecule has 0 bridgehead atoms. The maximum atomic E-state index is 12.2. The highest BCUT2D eigenvalue weighted by Gasteiger charge is 2.30. The molecule has 1 unspecified atom stereocenters. The first kappa shape index (κ1) is 19.5. The van der Waals surface area contributed by atoms with Crippen molar-refractivity contribution in [3.8, 4) is 11.5 Å². The molecule has 1 aliphatic rings. The summed E-state index contributed by atoms with van der Waals surface area (Å²) in [5.74, 6) is 1.71. The molecule has 8 heteroatoms. The maximum absolute atomic E-state index is 12.2. The number of methoxy groups -OCH3 is 1. The first-order valence-electron chi connectivity index (χ1n) is 9.11. The van der Waals surface area contributed by atoms with E-state index >= 15 is 0 Å². The molecular weight excluding hydrogens is 410 g/mol. The number of halogens is 1. The van der Waals surface area contributed by atoms with E-state index in [1.54, 1.807) is 18.4 Å². The fraction of sp³-hybridized carbons (Fsp3) is 0.238. The fourth-order valence-electron chi connectivity index (χ4n) is 3.29. The summed E-state index contributed by atoms with van der Waals surface area (Å²) in [7, 11) is 3.42. The van der Waals surface area contributed by atoms with E-state index in [9.17, 15) is 4.79 Å². The molecule has 1 amide bonds. The number of fused-ring (bicyclic) bond motifs is 1. The summed E-state index contributed by atoms with van der Waals surface area (Å²) in [5, 5.41) is 7.32. The van der Waals surface area contributed by atoms with Gasteiger partial charge in [0, 0.05) is 30.0 Å². The Labute approximate surface area is 177 Å². The van der Waals surface area contributed by atoms with Crippen molar-refractivity contribution < 1.29 is 14.3 Å². The summed E-state index contributed by atoms with van der Waals surface area (Å²) in [4.78, 5) is 17.7. The Kier molecular flexibility index (Phi) is 5.60. The first-order chi connectivity index (χ1) is 14.1. The van der Waals surface area contributed by atoms with E-state index in [0.29, 0.717) is 35.4 Å². The van der Waals surface area contributed by atoms with E-state index in [1.165, 1.54) is 0 Å². The molecule has 1 aromatic heterocycles. The van der Waals surface area contributed by atoms with Gasteiger partial charge in [0.15, 0.2) is 16.6 Å². The minimum absolute atomic E-state index is 0.0511. The van der Waals surface area contributed by atoms with Crippen molar-refractivity contribution in [2.24, 2.45) is 0 Å². The molecule has 2 aromatic carbocycles. The van der Waals surface area contributed by atoms with Crippen molar-refractivity contribution >= 4 is 39.8 Å². The number of thiazole rings is 1. The van der Waals surface area contributed by atoms with E-state index in [1.807, 2.05) is 49.5 Å². The van der Waals surface area contributed by atoms with Gasteiger partial charge in [-0.3, -0.25) is 4.79 Å². The van der Waals surface area contributed by atoms with Crippen LogP contribution in [-0.4, -0.2) is 25.0 Å². The topological polar surface area (TPSA) is 72.5 Å². The third kappa shape index (κ3) is 4.02. The van der Waals surface area contributed by atoms with Crippen LogP contribution in [0.15, 0.2) is 42.5 Å². The Morgan fingerprint density at radius 2 is 2.10 bits per heavy atom. The average molecular weight is 430 g/mol. The van der Waals surface area contributed by atoms with Crippen LogP contribution in [0.4, 0.5) is 10.9 Å². The number of nitrogens with zero attached hydrogens (tertiary/aromatic N) is 1. The standard InChI is InChI=1S/C21H20ClN3O3S/c1-23-21-25-20-19(29-21)14(10-18(26)24-20)12-7-8-16(27-2)17(9-12)28-11-13-5-3-4-6-15(13)22/h3-9,14H,10-11H2,1-2H3,(H,23,25)(H,24,26). The highest BCUT2D eigenvalue weighted by molar-refractivity contribution is 7.16. The van der Waals surface area contributed by atoms with Gasteiger partial charge in [0.05, 0.1) is 12.0 Å². The van der Waals surface area contributed by atoms with Gasteiger partial charge in [0.2, 0.25) is 5.91 Å². The molecule has 2 N–H and O–H groups in total. The maximum Gasteiger partial charge on any atom is 0.226 e. The Morgan fingerprint density at radius 1 is 1.28 bits per heavy atom. The highest BCUT2D eigenvalue weighted by atomic mass is 35.5. The molecule has 150 valence electrons. The molecule has 1 aliphatic heterocycles. The van der Waals surface area contributed by atoms with Crippen LogP contribution in [0.5, 0.6) is 11.5 Å². The molecular formula is C21H20ClN3O3S. The van der Waals surface area contributed by atoms with Gasteiger partial charge in [-0.2, -0.15) is 0 Å². The third-order valence-corrected chi connectivity index (χ3v) is 6.32. The van der Waals surface area contributed by atoms with Gasteiger partial charge < -0.3 is 20.1 Å². The minimum Gasteiger partial charge on any atom is -0.493 e. The van der Waals surface area contributed by atoms with Crippen LogP contribution >= 0.6 is 22.9 Å². The van der Waals surface area contributed by atoms with Gasteiger partial charge in [0.1, 0.15) is 12.4 Å². The summed E-state index contributed by atoms with van der Waals surface area (Å²) in [6, 6.07) is 13.3. The van der Waals surface area contributed by atoms with E-state index in [4.69, 9.17) is 21.1 Å². The van der Waals surface area contributed by atoms with Crippen LogP contribution in [0.25, 0.3) is 0 Å². The Hall–Kier alpha value is -2.77. The van der Waals surface area contributed by atoms with E-state index < -0.39 is 0 Å². The van der Waals surface area contributed by atoms with Crippen LogP contribution in [-0.2, 0) is 11.4 Å². The quantitative estimate of drug-likeness (QED) is 0.583. The predicted octanol–water partition coefficient (Wildman–Crippen LogP) is 4.90. The number of ether oxygens (including phenoxy) is 2. The van der Waals surface area contributed by atoms with Crippen molar-refractivity contribution in [2.45, 2.75) is 18.9 Å². The van der Waals surface area contributed by atoms with Crippen molar-refractivity contribution in [3.05, 3.63) is 63.5 Å². The number of hydrogen-bond donors (Lipinski definition) is 2. The Morgan fingerprint density at radius 3 is 2.86 bits per heavy atom. The second-order valence-corrected chi connectivity index (χ2v) is 8.01. The molecule has 29 heavy (non-hydrogen) atoms. The largest absolute Gasteiger partial charge is 0.493 e. The number of carbonyl (C=O) groups excluding carboxylic acids is 1. The molecule has 4 rings (SSSR count). The number of carbonyl (C=O) groups is 1. The van der Waals surface area contributed by atoms with Crippen molar-refractivity contribution in [3.63, 3.8) is 0 Å². The number of nitrogens with one attached hydrogen (secondary N) is 2. The molecule has 0 radical (unpaired) electrons. The SMILES string of the molecule is CNc1nc2c(s1)C(c1ccc(OC)c(OCc3ccccc3Cl)c1)CC(=O)N2. The van der Waals surface area contributed by atoms with Crippen LogP contribution in [0, 0.1) is 0 Å². The Bertz CT molecular complexity index is 1050. The molecule has 1 atom stereocenters. The van der Waals surface area contributed by atoms with Gasteiger partial charge in [-0.05, 0) is 23.8 Å². The van der Waals surface area contributed by atoms with Crippen molar-refractivity contribution in [2.75, 3.05) is 24.8 Å². The second kappa shape index (κ2) is 8.31. The summed E-state index contributed by atoms with van der Waals surface area (Å²) >= 11 is 7.78. The predicted molar refractivity (Wildman–Crippen MR) is 116 cm³/mol. The lowest BCUT2D eigenvalue weighted by Crippen LogP contribution is -2.22. The van der Waals surface area contributed by atoms with Crippen LogP contribution in [0.3, 0.4) is 0 Å². The van der Waals surface area contributed by atoms with Gasteiger partial charge in [-0.25, -0.2) is 4.98 Å². The van der Waals surface area contributed by atoms with Crippen LogP contribution < -0.4 is 20.1 Å². The molecule has 0 fully saturated rings. The second-order valence-electron chi connectivity index (χ2n) is 6.58. The number of rotatable bonds is 6. The highest BCUT2D eigenvalue weighted by Crippen LogP contribution is 2.44. The zero-order valence-corrected chi connectivity index (χ0v) is 17.6. The number of amides is 1. The summed E-state index contributed by atoms with van der Waals surface area (Å²) in [6.07, 6.45) is 0.356. The van der Waals surface area contributed by atoms with E-state index in [2.05, 4.69) is 15.6 Å². The monoisotopic (exact) mass is 429 g/mol. The van der Waals surface area contributed by atoms with Gasteiger partial charge in [0.25, 0.3) is 0 Å². The molecule has 3 aromatic rings. The lowest BCUT2D eigenvalue weighted by atomic mass is 9.91. The minimum atomic E-state index is -0.0908. The number of anilines is 2. The molecule has 6 nitrogen and oxygen atoms in total. The number of aromatic nitrogens is 1. The van der Waals surface area contributed by atoms with Crippen molar-refractivity contribution in [1.82, 2.24) is 4.98 Å². The third-order valence-electron chi connectivity index (χ3n) is 4.76. The first-order valence-corrected chi connectivity index (χ1v) is 10.3. The zero-order valence-electron chi connectivity index (χ0n) is 16.0. The lowest BCUT2D eigenvalue weighted by Gasteiger charge is -2.22. The smallest absolute Gasteiger partial charge is 0.226 e. The normalized spacial score (nSPS) is 15.4. The van der Waals surface area contributed by atoms with Crippen molar-refractivity contribution in [1.29, 1.82) is 0 Å². The molecule has 0 saturated carbocycles. The zero-order chi connectivity index (χ0) is 20.4. The van der Waals surface area contributed by atoms with E-state index in [-0.39, 0.29) is 11.8 Å². The van der Waals surface area contributed by atoms with Crippen LogP contribution in [0.2, 0.25) is 5.02 Å². The molecule has 0 aliphatic carbocycles. The van der Waals surface area contributed by atoms with Gasteiger partial charge in [-0.1, -0.05) is 47.2 Å².